The molecule has 0 spiro atoms. The van der Waals surface area contributed by atoms with E-state index in [2.05, 4.69) is 93.1 Å². The van der Waals surface area contributed by atoms with Crippen LogP contribution in [0.5, 0.6) is 0 Å². The molecule has 1 aliphatic rings. The van der Waals surface area contributed by atoms with Gasteiger partial charge in [-0.1, -0.05) is 105 Å². The van der Waals surface area contributed by atoms with Gasteiger partial charge in [-0.25, -0.2) is 0 Å². The van der Waals surface area contributed by atoms with E-state index in [-0.39, 0.29) is 0 Å². The minimum Gasteiger partial charge on any atom is -0.0651 e. The van der Waals surface area contributed by atoms with Crippen LogP contribution in [0, 0.1) is 6.42 Å². The third kappa shape index (κ3) is 3.49. The lowest BCUT2D eigenvalue weighted by molar-refractivity contribution is 0.921. The largest absolute Gasteiger partial charge is 0.0651 e. The van der Waals surface area contributed by atoms with Gasteiger partial charge in [-0.2, -0.15) is 0 Å². The Morgan fingerprint density at radius 2 is 1.37 bits per heavy atom. The summed E-state index contributed by atoms with van der Waals surface area (Å²) in [6, 6.07) is 24.3. The fourth-order valence-electron chi connectivity index (χ4n) is 4.19. The molecule has 4 rings (SSSR count). The molecule has 0 unspecified atom stereocenters. The number of fused-ring (bicyclic) bond motifs is 1. The van der Waals surface area contributed by atoms with Crippen molar-refractivity contribution in [2.45, 2.75) is 39.5 Å². The van der Waals surface area contributed by atoms with E-state index in [1.54, 1.807) is 0 Å². The van der Waals surface area contributed by atoms with Crippen LogP contribution in [-0.4, -0.2) is 0 Å². The quantitative estimate of drug-likeness (QED) is 0.426. The summed E-state index contributed by atoms with van der Waals surface area (Å²) in [5.74, 6) is 0. The molecular weight excluding hydrogens is 324 g/mol. The van der Waals surface area contributed by atoms with Crippen molar-refractivity contribution in [1.82, 2.24) is 0 Å². The van der Waals surface area contributed by atoms with E-state index in [4.69, 9.17) is 0 Å². The summed E-state index contributed by atoms with van der Waals surface area (Å²) in [5, 5.41) is 0. The number of aryl methyl sites for hydroxylation is 1. The maximum Gasteiger partial charge on any atom is 0.0164 e. The Balaban J connectivity index is 1.94. The van der Waals surface area contributed by atoms with Crippen molar-refractivity contribution in [1.29, 1.82) is 0 Å². The van der Waals surface area contributed by atoms with E-state index in [1.165, 1.54) is 50.9 Å². The van der Waals surface area contributed by atoms with Crippen molar-refractivity contribution < 1.29 is 0 Å². The van der Waals surface area contributed by atoms with Crippen LogP contribution in [0.4, 0.5) is 0 Å². The minimum atomic E-state index is 1.11. The summed E-state index contributed by atoms with van der Waals surface area (Å²) in [7, 11) is 0. The van der Waals surface area contributed by atoms with Gasteiger partial charge in [0.25, 0.3) is 0 Å². The molecule has 0 fully saturated rings. The molecule has 1 radical (unpaired) electrons. The first-order chi connectivity index (χ1) is 13.3. The van der Waals surface area contributed by atoms with Crippen LogP contribution in [0.2, 0.25) is 0 Å². The van der Waals surface area contributed by atoms with Gasteiger partial charge in [-0.05, 0) is 51.8 Å². The van der Waals surface area contributed by atoms with Gasteiger partial charge in [0.2, 0.25) is 0 Å². The van der Waals surface area contributed by atoms with Gasteiger partial charge in [0.05, 0.1) is 0 Å². The highest BCUT2D eigenvalue weighted by atomic mass is 14.2. The Kier molecular flexibility index (Phi) is 5.25. The van der Waals surface area contributed by atoms with Crippen molar-refractivity contribution in [2.24, 2.45) is 0 Å². The monoisotopic (exact) mass is 351 g/mol. The standard InChI is InChI=1S/C27H27/c1-3-10-20-18-23-17-16-22(11-4-2)27(26(23)19-20)25-15-9-8-14-24(25)21-12-6-5-7-13-21/h5-9,12-19H,3-4,10-11H2,1-2H3. The second-order valence-electron chi connectivity index (χ2n) is 7.38. The van der Waals surface area contributed by atoms with Crippen molar-refractivity contribution in [2.75, 3.05) is 0 Å². The van der Waals surface area contributed by atoms with E-state index in [1.807, 2.05) is 0 Å². The van der Waals surface area contributed by atoms with Gasteiger partial charge in [0.1, 0.15) is 0 Å². The molecule has 3 aromatic rings. The lowest BCUT2D eigenvalue weighted by atomic mass is 9.86. The van der Waals surface area contributed by atoms with E-state index in [0.29, 0.717) is 0 Å². The third-order valence-corrected chi connectivity index (χ3v) is 5.38. The van der Waals surface area contributed by atoms with Gasteiger partial charge in [-0.3, -0.25) is 0 Å². The fraction of sp³-hybridized carbons (Fsp3) is 0.222. The molecule has 135 valence electrons. The molecule has 0 amide bonds. The first-order valence-electron chi connectivity index (χ1n) is 10.2. The van der Waals surface area contributed by atoms with Crippen molar-refractivity contribution in [3.8, 4) is 22.3 Å². The lowest BCUT2D eigenvalue weighted by Crippen LogP contribution is -1.96. The highest BCUT2D eigenvalue weighted by Crippen LogP contribution is 2.42. The summed E-state index contributed by atoms with van der Waals surface area (Å²) in [6.07, 6.45) is 9.42. The topological polar surface area (TPSA) is 0 Å². The van der Waals surface area contributed by atoms with Crippen LogP contribution in [0.3, 0.4) is 0 Å². The van der Waals surface area contributed by atoms with E-state index < -0.39 is 0 Å². The molecule has 0 atom stereocenters. The molecule has 0 heteroatoms. The van der Waals surface area contributed by atoms with E-state index in [0.717, 1.165) is 19.3 Å². The van der Waals surface area contributed by atoms with E-state index >= 15 is 0 Å². The van der Waals surface area contributed by atoms with Crippen LogP contribution >= 0.6 is 0 Å². The molecule has 0 saturated carbocycles. The zero-order valence-electron chi connectivity index (χ0n) is 16.3. The molecular formula is C27H27. The SMILES string of the molecule is CCCC1=Cc2c(ccc(CCC)c2-c2ccccc2-c2ccccc2)[CH]1. The Morgan fingerprint density at radius 1 is 0.667 bits per heavy atom. The molecule has 3 aromatic carbocycles. The lowest BCUT2D eigenvalue weighted by Gasteiger charge is -2.18. The predicted octanol–water partition coefficient (Wildman–Crippen LogP) is 7.72. The highest BCUT2D eigenvalue weighted by Gasteiger charge is 2.21. The van der Waals surface area contributed by atoms with Gasteiger partial charge in [0, 0.05) is 6.42 Å². The number of allylic oxidation sites excluding steroid dienone is 1. The van der Waals surface area contributed by atoms with Crippen molar-refractivity contribution >= 4 is 6.08 Å². The molecule has 1 aliphatic carbocycles. The first-order valence-corrected chi connectivity index (χ1v) is 10.2. The fourth-order valence-corrected chi connectivity index (χ4v) is 4.19. The van der Waals surface area contributed by atoms with E-state index in [9.17, 15) is 0 Å². The average molecular weight is 352 g/mol. The number of rotatable bonds is 6. The summed E-state index contributed by atoms with van der Waals surface area (Å²) in [6.45, 7) is 4.52. The van der Waals surface area contributed by atoms with Crippen LogP contribution < -0.4 is 0 Å². The summed E-state index contributed by atoms with van der Waals surface area (Å²) < 4.78 is 0. The van der Waals surface area contributed by atoms with Crippen molar-refractivity contribution in [3.05, 3.63) is 95.4 Å². The molecule has 0 N–H and O–H groups in total. The second kappa shape index (κ2) is 7.96. The minimum absolute atomic E-state index is 1.11. The predicted molar refractivity (Wildman–Crippen MR) is 118 cm³/mol. The maximum atomic E-state index is 2.43. The Bertz CT molecular complexity index is 961. The summed E-state index contributed by atoms with van der Waals surface area (Å²) in [4.78, 5) is 0. The molecule has 0 aliphatic heterocycles. The van der Waals surface area contributed by atoms with Crippen molar-refractivity contribution in [3.63, 3.8) is 0 Å². The summed E-state index contributed by atoms with van der Waals surface area (Å²) in [5.41, 5.74) is 11.1. The van der Waals surface area contributed by atoms with Crippen LogP contribution in [0.1, 0.15) is 49.8 Å². The normalized spacial score (nSPS) is 12.7. The van der Waals surface area contributed by atoms with Gasteiger partial charge in [-0.15, -0.1) is 0 Å². The van der Waals surface area contributed by atoms with Crippen LogP contribution in [0.25, 0.3) is 28.3 Å². The third-order valence-electron chi connectivity index (χ3n) is 5.38. The zero-order chi connectivity index (χ0) is 18.6. The molecule has 0 bridgehead atoms. The Hall–Kier alpha value is -2.60. The molecule has 0 saturated heterocycles. The Labute approximate surface area is 163 Å². The zero-order valence-corrected chi connectivity index (χ0v) is 16.3. The Morgan fingerprint density at radius 3 is 2.11 bits per heavy atom. The number of hydrogen-bond acceptors (Lipinski definition) is 0. The molecule has 0 heterocycles. The van der Waals surface area contributed by atoms with Crippen LogP contribution in [-0.2, 0) is 6.42 Å². The van der Waals surface area contributed by atoms with Crippen LogP contribution in [0.15, 0.2) is 72.3 Å². The second-order valence-corrected chi connectivity index (χ2v) is 7.38. The smallest absolute Gasteiger partial charge is 0.0164 e. The molecule has 27 heavy (non-hydrogen) atoms. The molecule has 0 nitrogen and oxygen atoms in total. The maximum absolute atomic E-state index is 2.43. The van der Waals surface area contributed by atoms with Gasteiger partial charge < -0.3 is 0 Å². The van der Waals surface area contributed by atoms with Gasteiger partial charge >= 0.3 is 0 Å². The average Bonchev–Trinajstić information content (AvgIpc) is 3.12. The first kappa shape index (κ1) is 17.8. The van der Waals surface area contributed by atoms with Gasteiger partial charge in [0.15, 0.2) is 0 Å². The summed E-state index contributed by atoms with van der Waals surface area (Å²) >= 11 is 0. The number of benzene rings is 3. The number of hydrogen-bond donors (Lipinski definition) is 0. The highest BCUT2D eigenvalue weighted by molar-refractivity contribution is 5.92. The molecule has 0 aromatic heterocycles.